The van der Waals surface area contributed by atoms with E-state index < -0.39 is 0 Å². The highest BCUT2D eigenvalue weighted by Crippen LogP contribution is 2.22. The molecule has 1 aliphatic heterocycles. The molecule has 1 aliphatic rings. The molecule has 0 saturated carbocycles. The van der Waals surface area contributed by atoms with Gasteiger partial charge in [-0.25, -0.2) is 0 Å². The Labute approximate surface area is 58.4 Å². The minimum absolute atomic E-state index is 0.491. The second-order valence-electron chi connectivity index (χ2n) is 2.48. The molecule has 0 spiro atoms. The van der Waals surface area contributed by atoms with E-state index in [0.29, 0.717) is 11.7 Å². The third-order valence-corrected chi connectivity index (χ3v) is 1.70. The predicted octanol–water partition coefficient (Wildman–Crippen LogP) is 0.106. The van der Waals surface area contributed by atoms with Crippen molar-refractivity contribution in [2.24, 2.45) is 0 Å². The highest BCUT2D eigenvalue weighted by atomic mass is 16.5. The summed E-state index contributed by atoms with van der Waals surface area (Å²) in [5, 5.41) is 6.67. The van der Waals surface area contributed by atoms with Crippen LogP contribution in [0.15, 0.2) is 6.07 Å². The van der Waals surface area contributed by atoms with Crippen LogP contribution in [0.1, 0.15) is 11.6 Å². The van der Waals surface area contributed by atoms with Crippen LogP contribution in [0.2, 0.25) is 0 Å². The van der Waals surface area contributed by atoms with Crippen LogP contribution in [0.25, 0.3) is 0 Å². The van der Waals surface area contributed by atoms with E-state index in [1.807, 2.05) is 6.07 Å². The summed E-state index contributed by atoms with van der Waals surface area (Å²) >= 11 is 0. The fourth-order valence-corrected chi connectivity index (χ4v) is 0.977. The zero-order valence-corrected chi connectivity index (χ0v) is 5.50. The van der Waals surface area contributed by atoms with Crippen molar-refractivity contribution < 1.29 is 4.74 Å². The van der Waals surface area contributed by atoms with E-state index in [4.69, 9.17) is 10.5 Å². The van der Waals surface area contributed by atoms with Crippen molar-refractivity contribution >= 4 is 5.82 Å². The van der Waals surface area contributed by atoms with Crippen LogP contribution in [0.4, 0.5) is 5.82 Å². The molecule has 0 bridgehead atoms. The number of ether oxygens (including phenoxy) is 1. The number of rotatable bonds is 1. The molecule has 1 aromatic heterocycles. The molecule has 10 heavy (non-hydrogen) atoms. The summed E-state index contributed by atoms with van der Waals surface area (Å²) in [7, 11) is 0. The van der Waals surface area contributed by atoms with Crippen LogP contribution in [0.5, 0.6) is 0 Å². The zero-order valence-electron chi connectivity index (χ0n) is 5.50. The van der Waals surface area contributed by atoms with E-state index in [-0.39, 0.29) is 0 Å². The first-order chi connectivity index (χ1) is 4.86. The molecule has 2 heterocycles. The summed E-state index contributed by atoms with van der Waals surface area (Å²) in [6.45, 7) is 1.59. The summed E-state index contributed by atoms with van der Waals surface area (Å²) in [4.78, 5) is 0. The molecule has 4 heteroatoms. The van der Waals surface area contributed by atoms with Crippen molar-refractivity contribution in [1.29, 1.82) is 0 Å². The Hall–Kier alpha value is -1.03. The van der Waals surface area contributed by atoms with Crippen LogP contribution < -0.4 is 5.73 Å². The maximum absolute atomic E-state index is 5.41. The molecule has 1 fully saturated rings. The summed E-state index contributed by atoms with van der Waals surface area (Å²) in [5.41, 5.74) is 6.50. The Morgan fingerprint density at radius 2 is 2.50 bits per heavy atom. The number of anilines is 1. The van der Waals surface area contributed by atoms with Gasteiger partial charge in [0.1, 0.15) is 5.82 Å². The highest BCUT2D eigenvalue weighted by molar-refractivity contribution is 5.30. The van der Waals surface area contributed by atoms with Crippen molar-refractivity contribution in [3.8, 4) is 0 Å². The van der Waals surface area contributed by atoms with Gasteiger partial charge >= 0.3 is 0 Å². The summed E-state index contributed by atoms with van der Waals surface area (Å²) < 4.78 is 5.01. The molecule has 0 aliphatic carbocycles. The molecular formula is C6H9N3O. The largest absolute Gasteiger partial charge is 0.382 e. The second-order valence-corrected chi connectivity index (χ2v) is 2.48. The van der Waals surface area contributed by atoms with Crippen LogP contribution in [0.3, 0.4) is 0 Å². The minimum atomic E-state index is 0.491. The van der Waals surface area contributed by atoms with Gasteiger partial charge in [-0.05, 0) is 0 Å². The van der Waals surface area contributed by atoms with E-state index in [1.54, 1.807) is 0 Å². The van der Waals surface area contributed by atoms with Crippen molar-refractivity contribution in [3.05, 3.63) is 11.8 Å². The van der Waals surface area contributed by atoms with Gasteiger partial charge in [0.05, 0.1) is 13.2 Å². The lowest BCUT2D eigenvalue weighted by Crippen LogP contribution is -2.25. The first kappa shape index (κ1) is 5.73. The van der Waals surface area contributed by atoms with Crippen LogP contribution in [0, 0.1) is 0 Å². The number of nitrogens with one attached hydrogen (secondary N) is 1. The Kier molecular flexibility index (Phi) is 1.14. The molecule has 4 nitrogen and oxygen atoms in total. The van der Waals surface area contributed by atoms with E-state index in [0.717, 1.165) is 18.9 Å². The lowest BCUT2D eigenvalue weighted by atomic mass is 10.1. The van der Waals surface area contributed by atoms with Gasteiger partial charge < -0.3 is 10.5 Å². The average molecular weight is 139 g/mol. The smallest absolute Gasteiger partial charge is 0.145 e. The maximum Gasteiger partial charge on any atom is 0.145 e. The van der Waals surface area contributed by atoms with E-state index >= 15 is 0 Å². The molecule has 0 amide bonds. The van der Waals surface area contributed by atoms with Crippen LogP contribution in [-0.2, 0) is 4.74 Å². The van der Waals surface area contributed by atoms with Gasteiger partial charge in [-0.3, -0.25) is 5.10 Å². The molecule has 1 aromatic rings. The van der Waals surface area contributed by atoms with Gasteiger partial charge in [-0.1, -0.05) is 0 Å². The van der Waals surface area contributed by atoms with Crippen molar-refractivity contribution in [2.45, 2.75) is 5.92 Å². The number of aromatic amines is 1. The van der Waals surface area contributed by atoms with Gasteiger partial charge in [0.25, 0.3) is 0 Å². The number of hydrogen-bond acceptors (Lipinski definition) is 3. The van der Waals surface area contributed by atoms with Gasteiger partial charge in [0, 0.05) is 17.7 Å². The lowest BCUT2D eigenvalue weighted by Gasteiger charge is -2.24. The molecule has 3 N–H and O–H groups in total. The number of nitrogens with two attached hydrogens (primary N) is 1. The van der Waals surface area contributed by atoms with Crippen LogP contribution in [-0.4, -0.2) is 23.4 Å². The first-order valence-corrected chi connectivity index (χ1v) is 3.25. The molecule has 2 rings (SSSR count). The lowest BCUT2D eigenvalue weighted by molar-refractivity contribution is 0.00670. The number of hydrogen-bond donors (Lipinski definition) is 2. The molecule has 54 valence electrons. The Morgan fingerprint density at radius 3 is 2.90 bits per heavy atom. The van der Waals surface area contributed by atoms with E-state index in [1.165, 1.54) is 0 Å². The maximum atomic E-state index is 5.41. The predicted molar refractivity (Wildman–Crippen MR) is 36.6 cm³/mol. The minimum Gasteiger partial charge on any atom is -0.382 e. The highest BCUT2D eigenvalue weighted by Gasteiger charge is 2.21. The molecule has 0 aromatic carbocycles. The molecule has 0 atom stereocenters. The van der Waals surface area contributed by atoms with Crippen molar-refractivity contribution in [3.63, 3.8) is 0 Å². The summed E-state index contributed by atoms with van der Waals surface area (Å²) in [5.74, 6) is 1.05. The molecular weight excluding hydrogens is 130 g/mol. The first-order valence-electron chi connectivity index (χ1n) is 3.25. The number of H-pyrrole nitrogens is 1. The van der Waals surface area contributed by atoms with E-state index in [2.05, 4.69) is 10.2 Å². The summed E-state index contributed by atoms with van der Waals surface area (Å²) in [6, 6.07) is 1.85. The average Bonchev–Trinajstić information content (AvgIpc) is 2.10. The molecule has 1 saturated heterocycles. The monoisotopic (exact) mass is 139 g/mol. The zero-order chi connectivity index (χ0) is 6.97. The number of nitrogens with zero attached hydrogens (tertiary/aromatic N) is 1. The van der Waals surface area contributed by atoms with Gasteiger partial charge in [0.2, 0.25) is 0 Å². The summed E-state index contributed by atoms with van der Waals surface area (Å²) in [6.07, 6.45) is 0. The molecule has 0 radical (unpaired) electrons. The fraction of sp³-hybridized carbons (Fsp3) is 0.500. The van der Waals surface area contributed by atoms with Gasteiger partial charge in [-0.15, -0.1) is 0 Å². The normalized spacial score (nSPS) is 18.8. The Morgan fingerprint density at radius 1 is 1.70 bits per heavy atom. The van der Waals surface area contributed by atoms with Gasteiger partial charge in [0.15, 0.2) is 0 Å². The molecule has 0 unspecified atom stereocenters. The van der Waals surface area contributed by atoms with Crippen LogP contribution >= 0.6 is 0 Å². The number of nitrogen functional groups attached to an aromatic ring is 1. The quantitative estimate of drug-likeness (QED) is 0.580. The van der Waals surface area contributed by atoms with Crippen molar-refractivity contribution in [1.82, 2.24) is 10.2 Å². The fourth-order valence-electron chi connectivity index (χ4n) is 0.977. The Bertz CT molecular complexity index is 229. The third-order valence-electron chi connectivity index (χ3n) is 1.70. The van der Waals surface area contributed by atoms with Crippen molar-refractivity contribution in [2.75, 3.05) is 18.9 Å². The van der Waals surface area contributed by atoms with Gasteiger partial charge in [-0.2, -0.15) is 5.10 Å². The standard InChI is InChI=1S/C6H9N3O/c7-6-1-5(8-9-6)4-2-10-3-4/h1,4H,2-3H2,(H3,7,8,9). The number of aromatic nitrogens is 2. The SMILES string of the molecule is Nc1cc(C2COC2)[nH]n1. The topological polar surface area (TPSA) is 63.9 Å². The Balaban J connectivity index is 2.17. The second kappa shape index (κ2) is 1.98. The third kappa shape index (κ3) is 0.769. The van der Waals surface area contributed by atoms with E-state index in [9.17, 15) is 0 Å².